The van der Waals surface area contributed by atoms with Gasteiger partial charge in [0.25, 0.3) is 0 Å². The minimum Gasteiger partial charge on any atom is -0.495 e. The van der Waals surface area contributed by atoms with Gasteiger partial charge in [-0.25, -0.2) is 8.78 Å². The maximum Gasteiger partial charge on any atom is 0.182 e. The maximum absolute atomic E-state index is 14.0. The van der Waals surface area contributed by atoms with Gasteiger partial charge in [0.05, 0.1) is 17.8 Å². The van der Waals surface area contributed by atoms with Crippen LogP contribution in [0.4, 0.5) is 20.2 Å². The smallest absolute Gasteiger partial charge is 0.182 e. The molecule has 0 amide bonds. The monoisotopic (exact) mass is 328 g/mol. The molecule has 21 heavy (non-hydrogen) atoms. The van der Waals surface area contributed by atoms with Crippen molar-refractivity contribution in [1.29, 1.82) is 0 Å². The van der Waals surface area contributed by atoms with Gasteiger partial charge in [-0.05, 0) is 24.3 Å². The fraction of sp³-hybridized carbons (Fsp3) is 0.0714. The highest BCUT2D eigenvalue weighted by Gasteiger charge is 2.15. The van der Waals surface area contributed by atoms with E-state index in [2.05, 4.69) is 17.5 Å². The molecular weight excluding hydrogens is 318 g/mol. The van der Waals surface area contributed by atoms with E-state index in [0.717, 1.165) is 0 Å². The van der Waals surface area contributed by atoms with Crippen LogP contribution in [-0.4, -0.2) is 12.1 Å². The largest absolute Gasteiger partial charge is 0.495 e. The average molecular weight is 329 g/mol. The third kappa shape index (κ3) is 3.22. The first-order chi connectivity index (χ1) is 9.93. The number of hydrogen-bond acceptors (Lipinski definition) is 3. The van der Waals surface area contributed by atoms with Gasteiger partial charge in [-0.2, -0.15) is 0 Å². The van der Waals surface area contributed by atoms with Gasteiger partial charge in [0.2, 0.25) is 0 Å². The van der Waals surface area contributed by atoms with E-state index in [1.165, 1.54) is 19.2 Å². The van der Waals surface area contributed by atoms with Gasteiger partial charge < -0.3 is 15.8 Å². The Morgan fingerprint density at radius 2 is 1.95 bits per heavy atom. The topological polar surface area (TPSA) is 47.3 Å². The molecule has 0 radical (unpaired) electrons. The molecule has 0 saturated carbocycles. The molecule has 7 heteroatoms. The lowest BCUT2D eigenvalue weighted by Gasteiger charge is -2.11. The highest BCUT2D eigenvalue weighted by atomic mass is 35.5. The molecule has 110 valence electrons. The molecule has 3 nitrogen and oxygen atoms in total. The molecule has 2 aromatic carbocycles. The summed E-state index contributed by atoms with van der Waals surface area (Å²) in [6, 6.07) is 7.44. The Morgan fingerprint density at radius 3 is 2.57 bits per heavy atom. The second-order valence-electron chi connectivity index (χ2n) is 4.13. The summed E-state index contributed by atoms with van der Waals surface area (Å²) < 4.78 is 32.8. The average Bonchev–Trinajstić information content (AvgIpc) is 2.45. The zero-order valence-electron chi connectivity index (χ0n) is 10.9. The fourth-order valence-electron chi connectivity index (χ4n) is 1.73. The van der Waals surface area contributed by atoms with E-state index in [4.69, 9.17) is 22.1 Å². The van der Waals surface area contributed by atoms with Crippen molar-refractivity contribution in [3.8, 4) is 5.75 Å². The zero-order valence-corrected chi connectivity index (χ0v) is 12.5. The van der Waals surface area contributed by atoms with Crippen molar-refractivity contribution in [3.05, 3.63) is 52.6 Å². The van der Waals surface area contributed by atoms with Crippen molar-refractivity contribution < 1.29 is 13.5 Å². The van der Waals surface area contributed by atoms with Gasteiger partial charge in [0, 0.05) is 17.3 Å². The highest BCUT2D eigenvalue weighted by molar-refractivity contribution is 7.80. The Hall–Kier alpha value is -1.92. The molecule has 0 aliphatic rings. The van der Waals surface area contributed by atoms with Crippen molar-refractivity contribution in [2.45, 2.75) is 0 Å². The Morgan fingerprint density at radius 1 is 1.24 bits per heavy atom. The van der Waals surface area contributed by atoms with Crippen molar-refractivity contribution in [2.75, 3.05) is 12.4 Å². The lowest BCUT2D eigenvalue weighted by molar-refractivity contribution is 0.415. The lowest BCUT2D eigenvalue weighted by atomic mass is 10.1. The van der Waals surface area contributed by atoms with E-state index in [9.17, 15) is 8.78 Å². The van der Waals surface area contributed by atoms with Crippen molar-refractivity contribution >= 4 is 40.2 Å². The Kier molecular flexibility index (Phi) is 4.59. The quantitative estimate of drug-likeness (QED) is 0.833. The SMILES string of the molecule is COc1cc(Nc2ccc(C(N)=S)c(F)c2F)ccc1Cl. The molecule has 3 N–H and O–H groups in total. The van der Waals surface area contributed by atoms with Crippen LogP contribution in [0.15, 0.2) is 30.3 Å². The first kappa shape index (κ1) is 15.5. The molecule has 2 rings (SSSR count). The lowest BCUT2D eigenvalue weighted by Crippen LogP contribution is -2.13. The number of anilines is 2. The summed E-state index contributed by atoms with van der Waals surface area (Å²) in [4.78, 5) is -0.203. The standard InChI is InChI=1S/C14H11ClF2N2OS/c1-20-11-6-7(2-4-9(11)15)19-10-5-3-8(14(18)21)12(16)13(10)17/h2-6,19H,1H3,(H2,18,21). The fourth-order valence-corrected chi connectivity index (χ4v) is 2.08. The summed E-state index contributed by atoms with van der Waals surface area (Å²) in [5.74, 6) is -1.73. The number of hydrogen-bond donors (Lipinski definition) is 2. The van der Waals surface area contributed by atoms with Crippen LogP contribution in [0, 0.1) is 11.6 Å². The predicted octanol–water partition coefficient (Wildman–Crippen LogP) is 4.00. The number of rotatable bonds is 4. The highest BCUT2D eigenvalue weighted by Crippen LogP contribution is 2.30. The van der Waals surface area contributed by atoms with Gasteiger partial charge in [-0.3, -0.25) is 0 Å². The van der Waals surface area contributed by atoms with E-state index in [1.807, 2.05) is 0 Å². The van der Waals surface area contributed by atoms with E-state index < -0.39 is 11.6 Å². The van der Waals surface area contributed by atoms with Gasteiger partial charge in [0.1, 0.15) is 10.7 Å². The van der Waals surface area contributed by atoms with Crippen LogP contribution in [0.5, 0.6) is 5.75 Å². The summed E-state index contributed by atoms with van der Waals surface area (Å²) in [6.07, 6.45) is 0. The Bertz CT molecular complexity index is 710. The molecule has 0 atom stereocenters. The van der Waals surface area contributed by atoms with Crippen LogP contribution in [0.1, 0.15) is 5.56 Å². The molecule has 2 aromatic rings. The molecule has 0 bridgehead atoms. The van der Waals surface area contributed by atoms with Crippen LogP contribution in [0.3, 0.4) is 0 Å². The number of ether oxygens (including phenoxy) is 1. The molecule has 0 aliphatic carbocycles. The van der Waals surface area contributed by atoms with E-state index in [1.54, 1.807) is 18.2 Å². The summed E-state index contributed by atoms with van der Waals surface area (Å²) in [5.41, 5.74) is 5.63. The first-order valence-corrected chi connectivity index (χ1v) is 6.61. The molecule has 0 heterocycles. The van der Waals surface area contributed by atoms with E-state index >= 15 is 0 Å². The van der Waals surface area contributed by atoms with E-state index in [-0.39, 0.29) is 16.2 Å². The molecular formula is C14H11ClF2N2OS. The van der Waals surface area contributed by atoms with Gasteiger partial charge in [0.15, 0.2) is 11.6 Å². The van der Waals surface area contributed by atoms with Crippen molar-refractivity contribution in [2.24, 2.45) is 5.73 Å². The maximum atomic E-state index is 14.0. The number of halogens is 3. The number of nitrogens with one attached hydrogen (secondary N) is 1. The minimum atomic E-state index is -1.09. The summed E-state index contributed by atoms with van der Waals surface area (Å²) in [5, 5.41) is 3.16. The summed E-state index contributed by atoms with van der Waals surface area (Å²) in [7, 11) is 1.46. The molecule has 0 unspecified atom stereocenters. The van der Waals surface area contributed by atoms with Crippen LogP contribution in [0.25, 0.3) is 0 Å². The summed E-state index contributed by atoms with van der Waals surface area (Å²) >= 11 is 10.5. The number of nitrogens with two attached hydrogens (primary N) is 1. The molecule has 0 spiro atoms. The molecule has 0 aliphatic heterocycles. The third-order valence-electron chi connectivity index (χ3n) is 2.78. The second kappa shape index (κ2) is 6.24. The molecule has 0 fully saturated rings. The Balaban J connectivity index is 2.36. The van der Waals surface area contributed by atoms with Crippen LogP contribution >= 0.6 is 23.8 Å². The number of benzene rings is 2. The number of methoxy groups -OCH3 is 1. The number of thiocarbonyl (C=S) groups is 1. The van der Waals surface area contributed by atoms with Crippen LogP contribution < -0.4 is 15.8 Å². The predicted molar refractivity (Wildman–Crippen MR) is 83.5 cm³/mol. The first-order valence-electron chi connectivity index (χ1n) is 5.82. The second-order valence-corrected chi connectivity index (χ2v) is 4.97. The van der Waals surface area contributed by atoms with Gasteiger partial charge in [-0.15, -0.1) is 0 Å². The minimum absolute atomic E-state index is 0.0446. The summed E-state index contributed by atoms with van der Waals surface area (Å²) in [6.45, 7) is 0. The van der Waals surface area contributed by atoms with Crippen LogP contribution in [-0.2, 0) is 0 Å². The zero-order chi connectivity index (χ0) is 15.6. The van der Waals surface area contributed by atoms with Crippen molar-refractivity contribution in [1.82, 2.24) is 0 Å². The van der Waals surface area contributed by atoms with Crippen molar-refractivity contribution in [3.63, 3.8) is 0 Å². The molecule has 0 aromatic heterocycles. The van der Waals surface area contributed by atoms with Gasteiger partial charge >= 0.3 is 0 Å². The normalized spacial score (nSPS) is 10.3. The van der Waals surface area contributed by atoms with E-state index in [0.29, 0.717) is 16.5 Å². The van der Waals surface area contributed by atoms with Gasteiger partial charge in [-0.1, -0.05) is 23.8 Å². The van der Waals surface area contributed by atoms with Crippen LogP contribution in [0.2, 0.25) is 5.02 Å². The third-order valence-corrected chi connectivity index (χ3v) is 3.31. The molecule has 0 saturated heterocycles. The Labute approximate surface area is 130 Å².